The molecule has 1 aliphatic rings. The molecule has 0 saturated heterocycles. The highest BCUT2D eigenvalue weighted by Gasteiger charge is 2.26. The third-order valence-electron chi connectivity index (χ3n) is 4.23. The summed E-state index contributed by atoms with van der Waals surface area (Å²) in [6.07, 6.45) is 4.54. The Morgan fingerprint density at radius 1 is 1.40 bits per heavy atom. The van der Waals surface area contributed by atoms with E-state index in [1.54, 1.807) is 12.1 Å². The van der Waals surface area contributed by atoms with Crippen LogP contribution >= 0.6 is 0 Å². The molecule has 1 aromatic carbocycles. The van der Waals surface area contributed by atoms with Gasteiger partial charge in [-0.3, -0.25) is 4.79 Å². The van der Waals surface area contributed by atoms with E-state index in [2.05, 4.69) is 12.2 Å². The summed E-state index contributed by atoms with van der Waals surface area (Å²) >= 11 is 0. The molecule has 3 N–H and O–H groups in total. The average molecular weight is 278 g/mol. The van der Waals surface area contributed by atoms with Crippen LogP contribution in [0.1, 0.15) is 50.6 Å². The maximum Gasteiger partial charge on any atom is 0.220 e. The van der Waals surface area contributed by atoms with Crippen LogP contribution in [-0.4, -0.2) is 11.9 Å². The molecule has 0 spiro atoms. The van der Waals surface area contributed by atoms with Gasteiger partial charge in [-0.15, -0.1) is 0 Å². The van der Waals surface area contributed by atoms with Crippen molar-refractivity contribution in [3.63, 3.8) is 0 Å². The molecule has 110 valence electrons. The number of rotatable bonds is 5. The number of amides is 1. The first-order valence-corrected chi connectivity index (χ1v) is 7.41. The second kappa shape index (κ2) is 6.84. The van der Waals surface area contributed by atoms with Gasteiger partial charge in [0.15, 0.2) is 0 Å². The molecule has 1 atom stereocenters. The second-order valence-corrected chi connectivity index (χ2v) is 5.63. The van der Waals surface area contributed by atoms with Crippen molar-refractivity contribution in [3.8, 4) is 0 Å². The van der Waals surface area contributed by atoms with E-state index in [4.69, 9.17) is 5.73 Å². The highest BCUT2D eigenvalue weighted by molar-refractivity contribution is 5.76. The molecule has 1 amide bonds. The van der Waals surface area contributed by atoms with Gasteiger partial charge in [0, 0.05) is 18.0 Å². The van der Waals surface area contributed by atoms with Crippen molar-refractivity contribution >= 4 is 5.91 Å². The van der Waals surface area contributed by atoms with Gasteiger partial charge in [0.25, 0.3) is 0 Å². The number of primary amides is 1. The van der Waals surface area contributed by atoms with Gasteiger partial charge in [-0.25, -0.2) is 4.39 Å². The second-order valence-electron chi connectivity index (χ2n) is 5.63. The van der Waals surface area contributed by atoms with Crippen molar-refractivity contribution in [1.29, 1.82) is 0 Å². The van der Waals surface area contributed by atoms with Gasteiger partial charge in [0.2, 0.25) is 5.91 Å². The topological polar surface area (TPSA) is 55.1 Å². The van der Waals surface area contributed by atoms with Gasteiger partial charge in [0.05, 0.1) is 0 Å². The fraction of sp³-hybridized carbons (Fsp3) is 0.562. The molecular weight excluding hydrogens is 255 g/mol. The van der Waals surface area contributed by atoms with E-state index in [9.17, 15) is 9.18 Å². The van der Waals surface area contributed by atoms with Crippen molar-refractivity contribution in [3.05, 3.63) is 35.6 Å². The van der Waals surface area contributed by atoms with Crippen LogP contribution in [0.4, 0.5) is 4.39 Å². The van der Waals surface area contributed by atoms with E-state index in [-0.39, 0.29) is 23.7 Å². The molecule has 0 aliphatic heterocycles. The maximum atomic E-state index is 13.3. The number of nitrogens with two attached hydrogens (primary N) is 1. The van der Waals surface area contributed by atoms with Crippen molar-refractivity contribution < 1.29 is 9.18 Å². The van der Waals surface area contributed by atoms with Gasteiger partial charge in [-0.05, 0) is 49.8 Å². The SMILES string of the molecule is CCC(NC1CCC(C(N)=O)CC1)c1cccc(F)c1. The lowest BCUT2D eigenvalue weighted by atomic mass is 9.85. The Bertz CT molecular complexity index is 456. The molecule has 1 aliphatic carbocycles. The molecule has 1 saturated carbocycles. The lowest BCUT2D eigenvalue weighted by Crippen LogP contribution is -2.38. The number of hydrogen-bond donors (Lipinski definition) is 2. The molecule has 0 bridgehead atoms. The Morgan fingerprint density at radius 2 is 2.10 bits per heavy atom. The zero-order chi connectivity index (χ0) is 14.5. The highest BCUT2D eigenvalue weighted by atomic mass is 19.1. The lowest BCUT2D eigenvalue weighted by Gasteiger charge is -2.31. The summed E-state index contributed by atoms with van der Waals surface area (Å²) in [5.74, 6) is -0.344. The number of hydrogen-bond acceptors (Lipinski definition) is 2. The van der Waals surface area contributed by atoms with E-state index in [1.165, 1.54) is 6.07 Å². The Hall–Kier alpha value is -1.42. The molecule has 3 nitrogen and oxygen atoms in total. The van der Waals surface area contributed by atoms with Gasteiger partial charge in [0.1, 0.15) is 5.82 Å². The standard InChI is InChI=1S/C16H23FN2O/c1-2-15(12-4-3-5-13(17)10-12)19-14-8-6-11(7-9-14)16(18)20/h3-5,10-11,14-15,19H,2,6-9H2,1H3,(H2,18,20). The fourth-order valence-electron chi connectivity index (χ4n) is 3.00. The first-order valence-electron chi connectivity index (χ1n) is 7.41. The van der Waals surface area contributed by atoms with E-state index < -0.39 is 0 Å². The molecule has 1 aromatic rings. The minimum Gasteiger partial charge on any atom is -0.369 e. The third-order valence-corrected chi connectivity index (χ3v) is 4.23. The summed E-state index contributed by atoms with van der Waals surface area (Å²) in [4.78, 5) is 11.2. The fourth-order valence-corrected chi connectivity index (χ4v) is 3.00. The number of carbonyl (C=O) groups is 1. The van der Waals surface area contributed by atoms with Gasteiger partial charge in [-0.2, -0.15) is 0 Å². The van der Waals surface area contributed by atoms with Crippen molar-refractivity contribution in [2.24, 2.45) is 11.7 Å². The average Bonchev–Trinajstić information content (AvgIpc) is 2.45. The van der Waals surface area contributed by atoms with Crippen LogP contribution < -0.4 is 11.1 Å². The Balaban J connectivity index is 1.93. The third kappa shape index (κ3) is 3.79. The van der Waals surface area contributed by atoms with Gasteiger partial charge in [-0.1, -0.05) is 19.1 Å². The van der Waals surface area contributed by atoms with Crippen LogP contribution in [0.2, 0.25) is 0 Å². The Kier molecular flexibility index (Phi) is 5.12. The number of nitrogens with one attached hydrogen (secondary N) is 1. The van der Waals surface area contributed by atoms with E-state index in [0.29, 0.717) is 6.04 Å². The van der Waals surface area contributed by atoms with Crippen LogP contribution in [0.25, 0.3) is 0 Å². The minimum absolute atomic E-state index is 0.0299. The summed E-state index contributed by atoms with van der Waals surface area (Å²) in [5, 5.41) is 3.59. The van der Waals surface area contributed by atoms with E-state index >= 15 is 0 Å². The monoisotopic (exact) mass is 278 g/mol. The van der Waals surface area contributed by atoms with Crippen LogP contribution in [0.15, 0.2) is 24.3 Å². The zero-order valence-corrected chi connectivity index (χ0v) is 11.9. The summed E-state index contributed by atoms with van der Waals surface area (Å²) in [6, 6.07) is 7.32. The van der Waals surface area contributed by atoms with Crippen molar-refractivity contribution in [2.75, 3.05) is 0 Å². The Morgan fingerprint density at radius 3 is 2.65 bits per heavy atom. The minimum atomic E-state index is -0.194. The Labute approximate surface area is 119 Å². The van der Waals surface area contributed by atoms with E-state index in [0.717, 1.165) is 37.7 Å². The van der Waals surface area contributed by atoms with Crippen LogP contribution in [0.3, 0.4) is 0 Å². The van der Waals surface area contributed by atoms with Crippen LogP contribution in [0.5, 0.6) is 0 Å². The van der Waals surface area contributed by atoms with Gasteiger partial charge >= 0.3 is 0 Å². The predicted octanol–water partition coefficient (Wildman–Crippen LogP) is 2.91. The molecule has 0 heterocycles. The summed E-state index contributed by atoms with van der Waals surface area (Å²) in [6.45, 7) is 2.09. The number of halogens is 1. The lowest BCUT2D eigenvalue weighted by molar-refractivity contribution is -0.122. The number of carbonyl (C=O) groups excluding carboxylic acids is 1. The summed E-state index contributed by atoms with van der Waals surface area (Å²) < 4.78 is 13.3. The molecule has 0 radical (unpaired) electrons. The number of benzene rings is 1. The first kappa shape index (κ1) is 15.0. The highest BCUT2D eigenvalue weighted by Crippen LogP contribution is 2.27. The smallest absolute Gasteiger partial charge is 0.220 e. The zero-order valence-electron chi connectivity index (χ0n) is 11.9. The summed E-state index contributed by atoms with van der Waals surface area (Å²) in [5.41, 5.74) is 6.34. The van der Waals surface area contributed by atoms with Crippen molar-refractivity contribution in [2.45, 2.75) is 51.1 Å². The molecule has 1 unspecified atom stereocenters. The van der Waals surface area contributed by atoms with E-state index in [1.807, 2.05) is 6.07 Å². The quantitative estimate of drug-likeness (QED) is 0.870. The van der Waals surface area contributed by atoms with Crippen LogP contribution in [-0.2, 0) is 4.79 Å². The summed E-state index contributed by atoms with van der Waals surface area (Å²) in [7, 11) is 0. The largest absolute Gasteiger partial charge is 0.369 e. The van der Waals surface area contributed by atoms with Gasteiger partial charge < -0.3 is 11.1 Å². The molecule has 4 heteroatoms. The molecule has 0 aromatic heterocycles. The first-order chi connectivity index (χ1) is 9.60. The molecule has 2 rings (SSSR count). The molecule has 1 fully saturated rings. The molecular formula is C16H23FN2O. The normalized spacial score (nSPS) is 24.3. The maximum absolute atomic E-state index is 13.3. The van der Waals surface area contributed by atoms with Crippen LogP contribution in [0, 0.1) is 11.7 Å². The van der Waals surface area contributed by atoms with Crippen molar-refractivity contribution in [1.82, 2.24) is 5.32 Å². The molecule has 20 heavy (non-hydrogen) atoms. The predicted molar refractivity (Wildman–Crippen MR) is 77.5 cm³/mol.